The third kappa shape index (κ3) is 5.49. The van der Waals surface area contributed by atoms with Crippen LogP contribution in [0.5, 0.6) is 0 Å². The minimum atomic E-state index is -0.905. The van der Waals surface area contributed by atoms with E-state index in [4.69, 9.17) is 5.26 Å². The molecule has 0 amide bonds. The molecule has 0 radical (unpaired) electrons. The SMILES string of the molecule is Fc1ccc2ncnc(Nc3cccc(Br)c3)c2n1.N#Cc1nc(F)ccc1[N+](=O)[O-]. The van der Waals surface area contributed by atoms with E-state index < -0.39 is 28.2 Å². The molecule has 0 aliphatic rings. The molecule has 0 saturated carbocycles. The van der Waals surface area contributed by atoms with Gasteiger partial charge >= 0.3 is 5.69 Å². The van der Waals surface area contributed by atoms with Crippen molar-refractivity contribution < 1.29 is 13.7 Å². The Morgan fingerprint density at radius 2 is 1.81 bits per heavy atom. The second-order valence-electron chi connectivity index (χ2n) is 5.73. The number of fused-ring (bicyclic) bond motifs is 1. The first-order valence-electron chi connectivity index (χ1n) is 8.38. The Labute approximate surface area is 181 Å². The fourth-order valence-corrected chi connectivity index (χ4v) is 2.77. The van der Waals surface area contributed by atoms with Gasteiger partial charge in [-0.15, -0.1) is 0 Å². The molecule has 0 aliphatic carbocycles. The van der Waals surface area contributed by atoms with Gasteiger partial charge in [-0.1, -0.05) is 22.0 Å². The van der Waals surface area contributed by atoms with Crippen molar-refractivity contribution in [2.75, 3.05) is 5.32 Å². The largest absolute Gasteiger partial charge is 0.338 e. The smallest absolute Gasteiger partial charge is 0.305 e. The van der Waals surface area contributed by atoms with Crippen LogP contribution < -0.4 is 5.32 Å². The Hall–Kier alpha value is -4.11. The fraction of sp³-hybridized carbons (Fsp3) is 0. The lowest BCUT2D eigenvalue weighted by Crippen LogP contribution is -1.98. The molecule has 0 fully saturated rings. The van der Waals surface area contributed by atoms with Crippen molar-refractivity contribution in [2.24, 2.45) is 0 Å². The summed E-state index contributed by atoms with van der Waals surface area (Å²) in [5.74, 6) is -0.987. The summed E-state index contributed by atoms with van der Waals surface area (Å²) in [5, 5.41) is 21.6. The molecule has 0 aliphatic heterocycles. The maximum Gasteiger partial charge on any atom is 0.305 e. The van der Waals surface area contributed by atoms with Crippen LogP contribution in [0.2, 0.25) is 0 Å². The molecular formula is C19H10BrF2N7O2. The van der Waals surface area contributed by atoms with Crippen molar-refractivity contribution in [1.29, 1.82) is 5.26 Å². The van der Waals surface area contributed by atoms with E-state index in [0.29, 0.717) is 16.9 Å². The first-order chi connectivity index (χ1) is 14.9. The van der Waals surface area contributed by atoms with Crippen LogP contribution in [0, 0.1) is 33.3 Å². The summed E-state index contributed by atoms with van der Waals surface area (Å²) >= 11 is 3.39. The van der Waals surface area contributed by atoms with Crippen LogP contribution >= 0.6 is 15.9 Å². The molecule has 0 unspecified atom stereocenters. The van der Waals surface area contributed by atoms with Crippen molar-refractivity contribution >= 4 is 44.2 Å². The maximum absolute atomic E-state index is 13.2. The van der Waals surface area contributed by atoms with Gasteiger partial charge in [-0.2, -0.15) is 14.0 Å². The van der Waals surface area contributed by atoms with Crippen LogP contribution in [0.1, 0.15) is 5.69 Å². The second kappa shape index (κ2) is 9.59. The molecule has 3 heterocycles. The van der Waals surface area contributed by atoms with Gasteiger partial charge < -0.3 is 5.32 Å². The number of halogens is 3. The Morgan fingerprint density at radius 3 is 2.52 bits per heavy atom. The summed E-state index contributed by atoms with van der Waals surface area (Å²) in [4.78, 5) is 24.4. The van der Waals surface area contributed by atoms with E-state index in [2.05, 4.69) is 41.2 Å². The molecule has 31 heavy (non-hydrogen) atoms. The van der Waals surface area contributed by atoms with Gasteiger partial charge in [0, 0.05) is 22.3 Å². The molecule has 12 heteroatoms. The first kappa shape index (κ1) is 21.6. The van der Waals surface area contributed by atoms with Gasteiger partial charge in [-0.05, 0) is 30.3 Å². The third-order valence-corrected chi connectivity index (χ3v) is 4.17. The zero-order chi connectivity index (χ0) is 22.4. The van der Waals surface area contributed by atoms with Gasteiger partial charge in [0.1, 0.15) is 17.9 Å². The van der Waals surface area contributed by atoms with E-state index in [1.165, 1.54) is 18.5 Å². The van der Waals surface area contributed by atoms with Gasteiger partial charge in [0.15, 0.2) is 5.82 Å². The zero-order valence-corrected chi connectivity index (χ0v) is 16.9. The number of nitriles is 1. The predicted octanol–water partition coefficient (Wildman–Crippen LogP) is 4.67. The summed E-state index contributed by atoms with van der Waals surface area (Å²) in [6, 6.07) is 13.6. The zero-order valence-electron chi connectivity index (χ0n) is 15.3. The third-order valence-electron chi connectivity index (χ3n) is 3.68. The molecule has 4 aromatic rings. The minimum Gasteiger partial charge on any atom is -0.338 e. The summed E-state index contributed by atoms with van der Waals surface area (Å²) in [7, 11) is 0. The number of nitro groups is 1. The van der Waals surface area contributed by atoms with Crippen LogP contribution in [-0.2, 0) is 0 Å². The monoisotopic (exact) mass is 485 g/mol. The number of anilines is 2. The average Bonchev–Trinajstić information content (AvgIpc) is 2.74. The Morgan fingerprint density at radius 1 is 1.06 bits per heavy atom. The van der Waals surface area contributed by atoms with E-state index in [-0.39, 0.29) is 0 Å². The van der Waals surface area contributed by atoms with Crippen molar-refractivity contribution in [3.05, 3.63) is 87.0 Å². The predicted molar refractivity (Wildman–Crippen MR) is 110 cm³/mol. The highest BCUT2D eigenvalue weighted by molar-refractivity contribution is 9.10. The van der Waals surface area contributed by atoms with Crippen LogP contribution in [0.4, 0.5) is 26.0 Å². The minimum absolute atomic E-state index is 0.405. The van der Waals surface area contributed by atoms with Crippen molar-refractivity contribution in [3.63, 3.8) is 0 Å². The number of hydrogen-bond acceptors (Lipinski definition) is 8. The number of rotatable bonds is 3. The lowest BCUT2D eigenvalue weighted by Gasteiger charge is -2.07. The van der Waals surface area contributed by atoms with Crippen molar-refractivity contribution in [3.8, 4) is 6.07 Å². The molecule has 3 aromatic heterocycles. The molecule has 0 saturated heterocycles. The lowest BCUT2D eigenvalue weighted by molar-refractivity contribution is -0.385. The van der Waals surface area contributed by atoms with E-state index in [1.807, 2.05) is 24.3 Å². The molecule has 154 valence electrons. The van der Waals surface area contributed by atoms with Gasteiger partial charge in [-0.3, -0.25) is 10.1 Å². The van der Waals surface area contributed by atoms with Crippen LogP contribution in [0.3, 0.4) is 0 Å². The topological polar surface area (TPSA) is 131 Å². The summed E-state index contributed by atoms with van der Waals surface area (Å²) in [6.45, 7) is 0. The number of hydrogen-bond donors (Lipinski definition) is 1. The van der Waals surface area contributed by atoms with Crippen molar-refractivity contribution in [1.82, 2.24) is 19.9 Å². The van der Waals surface area contributed by atoms with E-state index >= 15 is 0 Å². The Bertz CT molecular complexity index is 1310. The molecule has 1 N–H and O–H groups in total. The van der Waals surface area contributed by atoms with Gasteiger partial charge in [0.05, 0.1) is 10.4 Å². The molecule has 0 spiro atoms. The summed E-state index contributed by atoms with van der Waals surface area (Å²) in [5.41, 5.74) is 0.829. The summed E-state index contributed by atoms with van der Waals surface area (Å²) in [6.07, 6.45) is 1.42. The average molecular weight is 486 g/mol. The van der Waals surface area contributed by atoms with E-state index in [1.54, 1.807) is 6.07 Å². The van der Waals surface area contributed by atoms with Crippen LogP contribution in [-0.4, -0.2) is 24.9 Å². The number of nitrogens with one attached hydrogen (secondary N) is 1. The standard InChI is InChI=1S/C13H8BrFN4.C6H2FN3O2/c14-8-2-1-3-9(6-8)18-13-12-10(16-7-17-13)4-5-11(15)19-12;7-6-2-1-5(10(11)12)4(3-8)9-6/h1-7H,(H,16,17,18);1-2H. The van der Waals surface area contributed by atoms with Gasteiger partial charge in [0.2, 0.25) is 17.6 Å². The lowest BCUT2D eigenvalue weighted by atomic mass is 10.3. The first-order valence-corrected chi connectivity index (χ1v) is 9.17. The second-order valence-corrected chi connectivity index (χ2v) is 6.65. The van der Waals surface area contributed by atoms with Crippen molar-refractivity contribution in [2.45, 2.75) is 0 Å². The van der Waals surface area contributed by atoms with Crippen LogP contribution in [0.25, 0.3) is 11.0 Å². The molecular weight excluding hydrogens is 476 g/mol. The van der Waals surface area contributed by atoms with E-state index in [9.17, 15) is 18.9 Å². The highest BCUT2D eigenvalue weighted by Gasteiger charge is 2.15. The highest BCUT2D eigenvalue weighted by atomic mass is 79.9. The van der Waals surface area contributed by atoms with Gasteiger partial charge in [0.25, 0.3) is 0 Å². The fourth-order valence-electron chi connectivity index (χ4n) is 2.37. The molecule has 4 rings (SSSR count). The number of aromatic nitrogens is 4. The normalized spacial score (nSPS) is 10.0. The van der Waals surface area contributed by atoms with Gasteiger partial charge in [-0.25, -0.2) is 19.9 Å². The Kier molecular flexibility index (Phi) is 6.68. The molecule has 9 nitrogen and oxygen atoms in total. The summed E-state index contributed by atoms with van der Waals surface area (Å²) < 4.78 is 26.5. The molecule has 0 atom stereocenters. The van der Waals surface area contributed by atoms with E-state index in [0.717, 1.165) is 22.3 Å². The number of benzene rings is 1. The Balaban J connectivity index is 0.000000196. The number of nitrogens with zero attached hydrogens (tertiary/aromatic N) is 6. The number of pyridine rings is 2. The maximum atomic E-state index is 13.2. The van der Waals surface area contributed by atoms with Crippen LogP contribution in [0.15, 0.2) is 59.3 Å². The molecule has 1 aromatic carbocycles. The quantitative estimate of drug-likeness (QED) is 0.251. The molecule has 0 bridgehead atoms. The highest BCUT2D eigenvalue weighted by Crippen LogP contribution is 2.23.